The van der Waals surface area contributed by atoms with Gasteiger partial charge in [-0.25, -0.2) is 4.39 Å². The first-order chi connectivity index (χ1) is 17.2. The summed E-state index contributed by atoms with van der Waals surface area (Å²) in [6, 6.07) is 20.9. The lowest BCUT2D eigenvalue weighted by atomic mass is 9.87. The molecule has 36 heavy (non-hydrogen) atoms. The van der Waals surface area contributed by atoms with Crippen molar-refractivity contribution in [3.05, 3.63) is 112 Å². The lowest BCUT2D eigenvalue weighted by Crippen LogP contribution is -2.36. The van der Waals surface area contributed by atoms with Gasteiger partial charge in [-0.3, -0.25) is 14.9 Å². The predicted octanol–water partition coefficient (Wildman–Crippen LogP) is 6.42. The Bertz CT molecular complexity index is 1380. The van der Waals surface area contributed by atoms with E-state index in [1.54, 1.807) is 24.3 Å². The molecule has 0 fully saturated rings. The Kier molecular flexibility index (Phi) is 7.48. The minimum absolute atomic E-state index is 0.0221. The zero-order valence-electron chi connectivity index (χ0n) is 20.6. The first-order valence-corrected chi connectivity index (χ1v) is 12.1. The summed E-state index contributed by atoms with van der Waals surface area (Å²) in [7, 11) is 0. The molecule has 0 aliphatic rings. The molecule has 1 amide bonds. The summed E-state index contributed by atoms with van der Waals surface area (Å²) in [6.07, 6.45) is 2.03. The van der Waals surface area contributed by atoms with Gasteiger partial charge < -0.3 is 9.88 Å². The van der Waals surface area contributed by atoms with E-state index in [0.717, 1.165) is 16.6 Å². The molecular formula is C29H30FN3O3. The molecular weight excluding hydrogens is 457 g/mol. The van der Waals surface area contributed by atoms with E-state index in [2.05, 4.69) is 5.32 Å². The number of hydrogen-bond donors (Lipinski definition) is 1. The number of carbonyl (C=O) groups excluding carboxylic acids is 1. The number of non-ortho nitro benzene ring substituents is 1. The molecule has 186 valence electrons. The smallest absolute Gasteiger partial charge is 0.270 e. The van der Waals surface area contributed by atoms with Crippen LogP contribution in [0.1, 0.15) is 49.8 Å². The van der Waals surface area contributed by atoms with Crippen LogP contribution in [0.15, 0.2) is 79.0 Å². The van der Waals surface area contributed by atoms with Crippen LogP contribution < -0.4 is 5.32 Å². The second-order valence-corrected chi connectivity index (χ2v) is 9.57. The molecule has 2 unspecified atom stereocenters. The van der Waals surface area contributed by atoms with E-state index in [1.165, 1.54) is 18.2 Å². The molecule has 1 aromatic heterocycles. The quantitative estimate of drug-likeness (QED) is 0.219. The Labute approximate surface area is 209 Å². The molecule has 1 heterocycles. The van der Waals surface area contributed by atoms with Gasteiger partial charge in [-0.1, -0.05) is 56.3 Å². The molecule has 0 bridgehead atoms. The summed E-state index contributed by atoms with van der Waals surface area (Å²) in [6.45, 7) is 6.58. The molecule has 3 aromatic carbocycles. The summed E-state index contributed by atoms with van der Waals surface area (Å²) >= 11 is 0. The van der Waals surface area contributed by atoms with Crippen molar-refractivity contribution in [2.45, 2.75) is 45.7 Å². The normalized spacial score (nSPS) is 13.0. The van der Waals surface area contributed by atoms with Gasteiger partial charge in [0.25, 0.3) is 5.69 Å². The van der Waals surface area contributed by atoms with Crippen LogP contribution in [-0.2, 0) is 11.3 Å². The number of nitro benzene ring substituents is 1. The van der Waals surface area contributed by atoms with Crippen LogP contribution in [0, 0.1) is 21.8 Å². The van der Waals surface area contributed by atoms with Crippen LogP contribution >= 0.6 is 0 Å². The van der Waals surface area contributed by atoms with E-state index < -0.39 is 16.7 Å². The van der Waals surface area contributed by atoms with Crippen molar-refractivity contribution in [3.63, 3.8) is 0 Å². The number of carbonyl (C=O) groups is 1. The van der Waals surface area contributed by atoms with Crippen molar-refractivity contribution in [2.75, 3.05) is 0 Å². The largest absolute Gasteiger partial charge is 0.353 e. The maximum Gasteiger partial charge on any atom is 0.270 e. The summed E-state index contributed by atoms with van der Waals surface area (Å²) in [5.41, 5.74) is 3.26. The zero-order valence-corrected chi connectivity index (χ0v) is 20.6. The molecule has 0 radical (unpaired) electrons. The zero-order chi connectivity index (χ0) is 25.8. The fraction of sp³-hybridized carbons (Fsp3) is 0.276. The maximum absolute atomic E-state index is 14.3. The van der Waals surface area contributed by atoms with Gasteiger partial charge in [-0.2, -0.15) is 0 Å². The Morgan fingerprint density at radius 3 is 2.44 bits per heavy atom. The molecule has 7 heteroatoms. The number of nitrogens with zero attached hydrogens (tertiary/aromatic N) is 2. The first kappa shape index (κ1) is 25.1. The topological polar surface area (TPSA) is 77.2 Å². The number of aromatic nitrogens is 1. The number of halogens is 1. The van der Waals surface area contributed by atoms with E-state index in [0.29, 0.717) is 17.5 Å². The third kappa shape index (κ3) is 5.62. The van der Waals surface area contributed by atoms with Crippen molar-refractivity contribution >= 4 is 22.5 Å². The van der Waals surface area contributed by atoms with Gasteiger partial charge in [0.15, 0.2) is 0 Å². The Morgan fingerprint density at radius 2 is 1.78 bits per heavy atom. The Balaban J connectivity index is 1.85. The van der Waals surface area contributed by atoms with Crippen molar-refractivity contribution in [1.82, 2.24) is 9.88 Å². The van der Waals surface area contributed by atoms with Gasteiger partial charge in [-0.15, -0.1) is 0 Å². The van der Waals surface area contributed by atoms with E-state index in [9.17, 15) is 19.3 Å². The number of benzene rings is 3. The molecule has 4 aromatic rings. The van der Waals surface area contributed by atoms with Gasteiger partial charge in [0, 0.05) is 54.2 Å². The summed E-state index contributed by atoms with van der Waals surface area (Å²) in [5.74, 6) is -0.772. The standard InChI is InChI=1S/C29H30FN3O3/c1-19(2)20(3)31-29(34)16-25(22-10-7-11-23(30)14-22)27-18-32(17-21-8-5-4-6-9-21)28-13-12-24(33(35)36)15-26(27)28/h4-15,18-20,25H,16-17H2,1-3H3,(H,31,34). The molecule has 0 aliphatic carbocycles. The van der Waals surface area contributed by atoms with Crippen LogP contribution in [0.4, 0.5) is 10.1 Å². The van der Waals surface area contributed by atoms with Gasteiger partial charge >= 0.3 is 0 Å². The Hall–Kier alpha value is -4.00. The van der Waals surface area contributed by atoms with Gasteiger partial charge in [0.05, 0.1) is 4.92 Å². The van der Waals surface area contributed by atoms with E-state index in [4.69, 9.17) is 0 Å². The van der Waals surface area contributed by atoms with Gasteiger partial charge in [0.1, 0.15) is 5.82 Å². The van der Waals surface area contributed by atoms with E-state index in [1.807, 2.05) is 61.9 Å². The molecule has 0 aliphatic heterocycles. The lowest BCUT2D eigenvalue weighted by molar-refractivity contribution is -0.384. The van der Waals surface area contributed by atoms with Crippen LogP contribution in [0.25, 0.3) is 10.9 Å². The molecule has 2 atom stereocenters. The molecule has 0 saturated carbocycles. The third-order valence-corrected chi connectivity index (χ3v) is 6.71. The highest BCUT2D eigenvalue weighted by atomic mass is 19.1. The maximum atomic E-state index is 14.3. The highest BCUT2D eigenvalue weighted by Gasteiger charge is 2.25. The molecule has 1 N–H and O–H groups in total. The van der Waals surface area contributed by atoms with Crippen molar-refractivity contribution in [2.24, 2.45) is 5.92 Å². The number of fused-ring (bicyclic) bond motifs is 1. The summed E-state index contributed by atoms with van der Waals surface area (Å²) < 4.78 is 16.3. The van der Waals surface area contributed by atoms with Crippen LogP contribution in [0.5, 0.6) is 0 Å². The minimum Gasteiger partial charge on any atom is -0.353 e. The monoisotopic (exact) mass is 487 g/mol. The molecule has 0 spiro atoms. The highest BCUT2D eigenvalue weighted by Crippen LogP contribution is 2.37. The number of rotatable bonds is 9. The second kappa shape index (κ2) is 10.7. The average molecular weight is 488 g/mol. The average Bonchev–Trinajstić information content (AvgIpc) is 3.20. The summed E-state index contributed by atoms with van der Waals surface area (Å²) in [5, 5.41) is 15.3. The van der Waals surface area contributed by atoms with Gasteiger partial charge in [-0.05, 0) is 47.7 Å². The van der Waals surface area contributed by atoms with Crippen molar-refractivity contribution in [3.8, 4) is 0 Å². The molecule has 6 nitrogen and oxygen atoms in total. The van der Waals surface area contributed by atoms with E-state index in [-0.39, 0.29) is 30.0 Å². The lowest BCUT2D eigenvalue weighted by Gasteiger charge is -2.21. The Morgan fingerprint density at radius 1 is 1.03 bits per heavy atom. The number of hydrogen-bond acceptors (Lipinski definition) is 3. The first-order valence-electron chi connectivity index (χ1n) is 12.1. The molecule has 0 saturated heterocycles. The number of amides is 1. The number of nitrogens with one attached hydrogen (secondary N) is 1. The minimum atomic E-state index is -0.485. The second-order valence-electron chi connectivity index (χ2n) is 9.57. The molecule has 4 rings (SSSR count). The van der Waals surface area contributed by atoms with E-state index >= 15 is 0 Å². The van der Waals surface area contributed by atoms with Crippen LogP contribution in [0.3, 0.4) is 0 Å². The fourth-order valence-corrected chi connectivity index (χ4v) is 4.41. The van der Waals surface area contributed by atoms with Crippen LogP contribution in [-0.4, -0.2) is 21.4 Å². The fourth-order valence-electron chi connectivity index (χ4n) is 4.41. The van der Waals surface area contributed by atoms with Crippen molar-refractivity contribution in [1.29, 1.82) is 0 Å². The summed E-state index contributed by atoms with van der Waals surface area (Å²) in [4.78, 5) is 24.3. The predicted molar refractivity (Wildman–Crippen MR) is 139 cm³/mol. The van der Waals surface area contributed by atoms with Crippen molar-refractivity contribution < 1.29 is 14.1 Å². The SMILES string of the molecule is CC(C)C(C)NC(=O)CC(c1cccc(F)c1)c1cn(Cc2ccccc2)c2ccc([N+](=O)[O-])cc12. The number of nitro groups is 1. The van der Waals surface area contributed by atoms with Crippen LogP contribution in [0.2, 0.25) is 0 Å². The highest BCUT2D eigenvalue weighted by molar-refractivity contribution is 5.88. The van der Waals surface area contributed by atoms with Gasteiger partial charge in [0.2, 0.25) is 5.91 Å². The third-order valence-electron chi connectivity index (χ3n) is 6.71.